The van der Waals surface area contributed by atoms with E-state index in [2.05, 4.69) is 25.9 Å². The Morgan fingerprint density at radius 1 is 1.00 bits per heavy atom. The molecule has 0 aliphatic rings. The third-order valence-electron chi connectivity index (χ3n) is 6.60. The minimum Gasteiger partial charge on any atom is -0.394 e. The summed E-state index contributed by atoms with van der Waals surface area (Å²) in [5, 5.41) is 36.3. The van der Waals surface area contributed by atoms with Crippen LogP contribution in [0.4, 0.5) is 16.0 Å². The number of halogens is 1. The maximum atomic E-state index is 13.3. The van der Waals surface area contributed by atoms with Gasteiger partial charge in [0.2, 0.25) is 0 Å². The zero-order chi connectivity index (χ0) is 30.9. The Morgan fingerprint density at radius 3 is 2.40 bits per heavy atom. The lowest BCUT2D eigenvalue weighted by molar-refractivity contribution is 0.0802. The van der Waals surface area contributed by atoms with Crippen LogP contribution in [0.2, 0.25) is 0 Å². The molecule has 11 nitrogen and oxygen atoms in total. The molecule has 0 fully saturated rings. The van der Waals surface area contributed by atoms with Crippen molar-refractivity contribution in [2.75, 3.05) is 24.2 Å². The molecule has 2 amide bonds. The highest BCUT2D eigenvalue weighted by molar-refractivity contribution is 6.00. The number of anilines is 2. The van der Waals surface area contributed by atoms with Crippen LogP contribution in [0.15, 0.2) is 73.1 Å². The van der Waals surface area contributed by atoms with E-state index >= 15 is 0 Å². The van der Waals surface area contributed by atoms with Crippen molar-refractivity contribution in [2.45, 2.75) is 25.6 Å². The first-order valence-corrected chi connectivity index (χ1v) is 13.3. The monoisotopic (exact) mass is 583 g/mol. The molecule has 12 heteroatoms. The number of carbonyl (C=O) groups is 2. The summed E-state index contributed by atoms with van der Waals surface area (Å²) in [4.78, 5) is 34.0. The summed E-state index contributed by atoms with van der Waals surface area (Å²) in [5.74, 6) is -1.02. The smallest absolute Gasteiger partial charge is 0.255 e. The Balaban J connectivity index is 1.45. The molecule has 2 aromatic heterocycles. The topological polar surface area (TPSA) is 186 Å². The summed E-state index contributed by atoms with van der Waals surface area (Å²) in [6.07, 6.45) is 1.83. The van der Waals surface area contributed by atoms with Crippen LogP contribution >= 0.6 is 0 Å². The van der Waals surface area contributed by atoms with Crippen LogP contribution < -0.4 is 21.7 Å². The van der Waals surface area contributed by atoms with E-state index in [0.717, 1.165) is 16.7 Å². The molecule has 43 heavy (non-hydrogen) atoms. The van der Waals surface area contributed by atoms with E-state index in [4.69, 9.17) is 10.8 Å². The van der Waals surface area contributed by atoms with Gasteiger partial charge in [-0.15, -0.1) is 0 Å². The van der Waals surface area contributed by atoms with E-state index in [-0.39, 0.29) is 40.7 Å². The molecule has 0 spiro atoms. The largest absolute Gasteiger partial charge is 0.394 e. The molecule has 4 rings (SSSR count). The average molecular weight is 584 g/mol. The summed E-state index contributed by atoms with van der Waals surface area (Å²) in [5.41, 5.74) is 9.43. The molecule has 7 N–H and O–H groups in total. The maximum absolute atomic E-state index is 13.3. The van der Waals surface area contributed by atoms with Crippen molar-refractivity contribution < 1.29 is 24.2 Å². The fraction of sp³-hybridized carbons (Fsp3) is 0.194. The first kappa shape index (κ1) is 30.6. The molecule has 0 radical (unpaired) electrons. The van der Waals surface area contributed by atoms with E-state index < -0.39 is 30.6 Å². The van der Waals surface area contributed by atoms with Crippen LogP contribution in [0.5, 0.6) is 0 Å². The van der Waals surface area contributed by atoms with E-state index in [1.807, 2.05) is 30.3 Å². The number of amides is 2. The molecule has 4 aromatic rings. The molecule has 0 saturated heterocycles. The number of benzene rings is 2. The normalized spacial score (nSPS) is 12.1. The van der Waals surface area contributed by atoms with E-state index in [1.54, 1.807) is 31.3 Å². The fourth-order valence-electron chi connectivity index (χ4n) is 4.14. The number of aliphatic hydroxyl groups excluding tert-OH is 2. The van der Waals surface area contributed by atoms with Gasteiger partial charge in [-0.25, -0.2) is 14.4 Å². The standard InChI is InChI=1S/C31H30FN7O4/c1-18(21-6-8-24(32)9-7-21)39-31(43)27-10-20(12-33)14-37-29(27)36-13-19-2-4-22(5-3-19)23-11-26(28(34)35-15-23)30(42)38-16-25(41)17-40/h2-11,14-15,18,25,40-41H,13,16-17H2,1H3,(H2,34,35)(H,36,37)(H,38,42)(H,39,43). The molecule has 0 saturated carbocycles. The van der Waals surface area contributed by atoms with Gasteiger partial charge in [-0.05, 0) is 47.9 Å². The number of nitriles is 1. The Labute approximate surface area is 247 Å². The molecular formula is C31H30FN7O4. The number of nitrogens with zero attached hydrogens (tertiary/aromatic N) is 3. The summed E-state index contributed by atoms with van der Waals surface area (Å²) in [6, 6.07) is 17.8. The van der Waals surface area contributed by atoms with Crippen molar-refractivity contribution in [3.8, 4) is 17.2 Å². The zero-order valence-corrected chi connectivity index (χ0v) is 23.2. The molecule has 2 unspecified atom stereocenters. The SMILES string of the molecule is CC(NC(=O)c1cc(C#N)cnc1NCc1ccc(-c2cnc(N)c(C(=O)NCC(O)CO)c2)cc1)c1ccc(F)cc1. The minimum absolute atomic E-state index is 0.0300. The number of aromatic nitrogens is 2. The molecule has 2 heterocycles. The summed E-state index contributed by atoms with van der Waals surface area (Å²) in [7, 11) is 0. The van der Waals surface area contributed by atoms with Crippen LogP contribution in [0.3, 0.4) is 0 Å². The number of pyridine rings is 2. The molecule has 2 aromatic carbocycles. The van der Waals surface area contributed by atoms with Gasteiger partial charge in [0.15, 0.2) is 0 Å². The molecule has 0 aliphatic heterocycles. The number of nitrogen functional groups attached to an aromatic ring is 1. The van der Waals surface area contributed by atoms with Crippen molar-refractivity contribution in [1.82, 2.24) is 20.6 Å². The second-order valence-corrected chi connectivity index (χ2v) is 9.73. The van der Waals surface area contributed by atoms with Crippen molar-refractivity contribution in [3.63, 3.8) is 0 Å². The highest BCUT2D eigenvalue weighted by Crippen LogP contribution is 2.24. The van der Waals surface area contributed by atoms with Crippen LogP contribution in [0.1, 0.15) is 50.4 Å². The maximum Gasteiger partial charge on any atom is 0.255 e. The highest BCUT2D eigenvalue weighted by Gasteiger charge is 2.18. The number of hydrogen-bond donors (Lipinski definition) is 6. The average Bonchev–Trinajstić information content (AvgIpc) is 3.03. The molecule has 0 bridgehead atoms. The number of nitrogens with one attached hydrogen (secondary N) is 3. The van der Waals surface area contributed by atoms with Crippen LogP contribution in [-0.2, 0) is 6.54 Å². The van der Waals surface area contributed by atoms with Crippen LogP contribution in [-0.4, -0.2) is 51.3 Å². The number of rotatable bonds is 11. The summed E-state index contributed by atoms with van der Waals surface area (Å²) >= 11 is 0. The number of aliphatic hydroxyl groups is 2. The molecular weight excluding hydrogens is 553 g/mol. The van der Waals surface area contributed by atoms with Crippen molar-refractivity contribution >= 4 is 23.5 Å². The van der Waals surface area contributed by atoms with Gasteiger partial charge in [-0.1, -0.05) is 36.4 Å². The van der Waals surface area contributed by atoms with Gasteiger partial charge in [-0.2, -0.15) is 5.26 Å². The zero-order valence-electron chi connectivity index (χ0n) is 23.2. The number of carbonyl (C=O) groups excluding carboxylic acids is 2. The predicted molar refractivity (Wildman–Crippen MR) is 158 cm³/mol. The van der Waals surface area contributed by atoms with Crippen molar-refractivity contribution in [3.05, 3.63) is 107 Å². The fourth-order valence-corrected chi connectivity index (χ4v) is 4.14. The lowest BCUT2D eigenvalue weighted by Crippen LogP contribution is -2.34. The Morgan fingerprint density at radius 2 is 1.72 bits per heavy atom. The van der Waals surface area contributed by atoms with Gasteiger partial charge in [0.05, 0.1) is 35.4 Å². The van der Waals surface area contributed by atoms with Gasteiger partial charge in [-0.3, -0.25) is 9.59 Å². The van der Waals surface area contributed by atoms with Crippen LogP contribution in [0.25, 0.3) is 11.1 Å². The first-order chi connectivity index (χ1) is 20.7. The second kappa shape index (κ2) is 14.0. The Hall–Kier alpha value is -5.38. The second-order valence-electron chi connectivity index (χ2n) is 9.73. The Kier molecular flexibility index (Phi) is 9.95. The van der Waals surface area contributed by atoms with Crippen molar-refractivity contribution in [1.29, 1.82) is 5.26 Å². The van der Waals surface area contributed by atoms with Gasteiger partial charge in [0.1, 0.15) is 23.5 Å². The molecule has 2 atom stereocenters. The Bertz CT molecular complexity index is 1640. The molecule has 220 valence electrons. The van der Waals surface area contributed by atoms with Gasteiger partial charge >= 0.3 is 0 Å². The minimum atomic E-state index is -1.09. The van der Waals surface area contributed by atoms with E-state index in [0.29, 0.717) is 12.1 Å². The van der Waals surface area contributed by atoms with E-state index in [9.17, 15) is 24.3 Å². The van der Waals surface area contributed by atoms with Crippen molar-refractivity contribution in [2.24, 2.45) is 0 Å². The summed E-state index contributed by atoms with van der Waals surface area (Å²) < 4.78 is 13.3. The van der Waals surface area contributed by atoms with Gasteiger partial charge < -0.3 is 31.9 Å². The lowest BCUT2D eigenvalue weighted by Gasteiger charge is -2.16. The summed E-state index contributed by atoms with van der Waals surface area (Å²) in [6.45, 7) is 1.47. The quantitative estimate of drug-likeness (QED) is 0.154. The van der Waals surface area contributed by atoms with Crippen LogP contribution in [0, 0.1) is 17.1 Å². The number of nitrogens with two attached hydrogens (primary N) is 1. The predicted octanol–water partition coefficient (Wildman–Crippen LogP) is 2.92. The third kappa shape index (κ3) is 7.88. The lowest BCUT2D eigenvalue weighted by atomic mass is 10.0. The first-order valence-electron chi connectivity index (χ1n) is 13.3. The third-order valence-corrected chi connectivity index (χ3v) is 6.60. The van der Waals surface area contributed by atoms with Gasteiger partial charge in [0, 0.05) is 31.0 Å². The van der Waals surface area contributed by atoms with Gasteiger partial charge in [0.25, 0.3) is 11.8 Å². The number of hydrogen-bond acceptors (Lipinski definition) is 9. The highest BCUT2D eigenvalue weighted by atomic mass is 19.1. The molecule has 0 aliphatic carbocycles. The van der Waals surface area contributed by atoms with E-state index in [1.165, 1.54) is 24.4 Å².